The first kappa shape index (κ1) is 20.7. The van der Waals surface area contributed by atoms with Crippen LogP contribution < -0.4 is 14.2 Å². The van der Waals surface area contributed by atoms with Crippen LogP contribution in [0, 0.1) is 0 Å². The molecule has 27 heavy (non-hydrogen) atoms. The molecule has 0 amide bonds. The molecule has 6 nitrogen and oxygen atoms in total. The monoisotopic (exact) mass is 372 g/mol. The molecule has 0 N–H and O–H groups in total. The van der Waals surface area contributed by atoms with E-state index in [-0.39, 0.29) is 12.4 Å². The van der Waals surface area contributed by atoms with Gasteiger partial charge in [0.1, 0.15) is 18.1 Å². The molecule has 146 valence electrons. The van der Waals surface area contributed by atoms with Crippen molar-refractivity contribution < 1.29 is 19.0 Å². The maximum Gasteiger partial charge on any atom is 0.276 e. The number of carbonyl (C=O) groups excluding carboxylic acids is 1. The second kappa shape index (κ2) is 11.2. The number of hydrogen-bond donors (Lipinski definition) is 0. The van der Waals surface area contributed by atoms with Gasteiger partial charge < -0.3 is 14.2 Å². The van der Waals surface area contributed by atoms with Crippen LogP contribution in [-0.4, -0.2) is 29.2 Å². The second-order valence-corrected chi connectivity index (χ2v) is 6.28. The minimum absolute atomic E-state index is 0.000401. The van der Waals surface area contributed by atoms with E-state index < -0.39 is 0 Å². The maximum atomic E-state index is 11.5. The van der Waals surface area contributed by atoms with Crippen LogP contribution in [0.5, 0.6) is 17.4 Å². The van der Waals surface area contributed by atoms with E-state index in [1.54, 1.807) is 30.3 Å². The van der Waals surface area contributed by atoms with E-state index in [1.165, 1.54) is 6.92 Å². The summed E-state index contributed by atoms with van der Waals surface area (Å²) in [6.45, 7) is 7.17. The van der Waals surface area contributed by atoms with Gasteiger partial charge in [0.25, 0.3) is 5.88 Å². The summed E-state index contributed by atoms with van der Waals surface area (Å²) in [6, 6.07) is 8.88. The van der Waals surface area contributed by atoms with Gasteiger partial charge in [0.15, 0.2) is 11.5 Å². The molecule has 0 bridgehead atoms. The van der Waals surface area contributed by atoms with E-state index in [0.717, 1.165) is 25.7 Å². The van der Waals surface area contributed by atoms with Gasteiger partial charge in [0.2, 0.25) is 0 Å². The van der Waals surface area contributed by atoms with Gasteiger partial charge in [0, 0.05) is 11.6 Å². The fraction of sp³-hybridized carbons (Fsp3) is 0.476. The fourth-order valence-electron chi connectivity index (χ4n) is 2.28. The molecule has 1 aromatic heterocycles. The van der Waals surface area contributed by atoms with Crippen LogP contribution in [0.15, 0.2) is 30.3 Å². The van der Waals surface area contributed by atoms with Crippen molar-refractivity contribution in [3.63, 3.8) is 0 Å². The summed E-state index contributed by atoms with van der Waals surface area (Å²) in [4.78, 5) is 11.5. The van der Waals surface area contributed by atoms with Gasteiger partial charge in [-0.1, -0.05) is 38.8 Å². The van der Waals surface area contributed by atoms with E-state index >= 15 is 0 Å². The molecule has 6 heteroatoms. The van der Waals surface area contributed by atoms with Gasteiger partial charge in [0.05, 0.1) is 13.2 Å². The van der Waals surface area contributed by atoms with Crippen molar-refractivity contribution >= 4 is 5.78 Å². The first-order valence-electron chi connectivity index (χ1n) is 9.50. The molecule has 0 fully saturated rings. The van der Waals surface area contributed by atoms with Gasteiger partial charge in [-0.3, -0.25) is 4.79 Å². The third-order valence-electron chi connectivity index (χ3n) is 3.90. The lowest BCUT2D eigenvalue weighted by Crippen LogP contribution is -2.08. The van der Waals surface area contributed by atoms with Crippen LogP contribution in [0.4, 0.5) is 0 Å². The minimum atomic E-state index is 0.000401. The van der Waals surface area contributed by atoms with Crippen molar-refractivity contribution in [3.8, 4) is 17.4 Å². The topological polar surface area (TPSA) is 70.5 Å². The zero-order valence-corrected chi connectivity index (χ0v) is 16.4. The van der Waals surface area contributed by atoms with Gasteiger partial charge in [-0.25, -0.2) is 0 Å². The van der Waals surface area contributed by atoms with Crippen LogP contribution in [0.25, 0.3) is 0 Å². The van der Waals surface area contributed by atoms with Crippen molar-refractivity contribution in [2.75, 3.05) is 13.2 Å². The summed E-state index contributed by atoms with van der Waals surface area (Å²) in [5, 5.41) is 8.33. The van der Waals surface area contributed by atoms with Crippen LogP contribution in [0.2, 0.25) is 0 Å². The molecule has 0 spiro atoms. The highest BCUT2D eigenvalue weighted by Gasteiger charge is 2.11. The van der Waals surface area contributed by atoms with Crippen molar-refractivity contribution in [1.29, 1.82) is 0 Å². The van der Waals surface area contributed by atoms with Crippen molar-refractivity contribution in [2.45, 2.75) is 53.1 Å². The highest BCUT2D eigenvalue weighted by Crippen LogP contribution is 2.25. The summed E-state index contributed by atoms with van der Waals surface area (Å²) in [7, 11) is 0. The van der Waals surface area contributed by atoms with Gasteiger partial charge in [-0.2, -0.15) is 0 Å². The molecule has 0 aliphatic heterocycles. The molecular weight excluding hydrogens is 344 g/mol. The van der Waals surface area contributed by atoms with E-state index in [2.05, 4.69) is 24.0 Å². The van der Waals surface area contributed by atoms with E-state index in [9.17, 15) is 4.79 Å². The Morgan fingerprint density at radius 2 is 1.70 bits per heavy atom. The molecule has 1 aromatic carbocycles. The number of rotatable bonds is 12. The van der Waals surface area contributed by atoms with Gasteiger partial charge in [-0.15, -0.1) is 10.2 Å². The number of carbonyl (C=O) groups is 1. The third-order valence-corrected chi connectivity index (χ3v) is 3.90. The van der Waals surface area contributed by atoms with E-state index in [0.29, 0.717) is 41.9 Å². The van der Waals surface area contributed by atoms with Crippen LogP contribution >= 0.6 is 0 Å². The highest BCUT2D eigenvalue weighted by atomic mass is 16.5. The van der Waals surface area contributed by atoms with Crippen LogP contribution in [0.3, 0.4) is 0 Å². The third kappa shape index (κ3) is 6.89. The number of unbranched alkanes of at least 4 members (excludes halogenated alkanes) is 2. The average molecular weight is 372 g/mol. The molecule has 0 aliphatic carbocycles. The zero-order chi connectivity index (χ0) is 19.5. The van der Waals surface area contributed by atoms with Crippen LogP contribution in [-0.2, 0) is 6.61 Å². The molecule has 0 atom stereocenters. The molecule has 0 unspecified atom stereocenters. The summed E-state index contributed by atoms with van der Waals surface area (Å²) in [5.41, 5.74) is 1.25. The molecule has 0 aliphatic rings. The number of ketones is 1. The van der Waals surface area contributed by atoms with Crippen molar-refractivity contribution in [1.82, 2.24) is 10.2 Å². The highest BCUT2D eigenvalue weighted by molar-refractivity contribution is 5.94. The molecule has 2 aromatic rings. The summed E-state index contributed by atoms with van der Waals surface area (Å²) in [5.74, 6) is 1.62. The number of nitrogens with zero attached hydrogens (tertiary/aromatic N) is 2. The van der Waals surface area contributed by atoms with Crippen LogP contribution in [0.1, 0.15) is 62.5 Å². The Labute approximate surface area is 160 Å². The maximum absolute atomic E-state index is 11.5. The SMILES string of the molecule is CCCCOc1cc(COc2cccc(C(C)=O)c2)nnc1OCCCC. The molecule has 1 heterocycles. The fourth-order valence-corrected chi connectivity index (χ4v) is 2.28. The van der Waals surface area contributed by atoms with Crippen molar-refractivity contribution in [3.05, 3.63) is 41.6 Å². The van der Waals surface area contributed by atoms with Gasteiger partial charge in [-0.05, 0) is 31.9 Å². The van der Waals surface area contributed by atoms with Crippen molar-refractivity contribution in [2.24, 2.45) is 0 Å². The first-order valence-corrected chi connectivity index (χ1v) is 9.50. The molecular formula is C21H28N2O4. The Morgan fingerprint density at radius 1 is 0.963 bits per heavy atom. The van der Waals surface area contributed by atoms with Gasteiger partial charge >= 0.3 is 0 Å². The molecule has 0 saturated carbocycles. The standard InChI is InChI=1S/C21H28N2O4/c1-4-6-11-25-20-14-18(22-23-21(20)26-12-7-5-2)15-27-19-10-8-9-17(13-19)16(3)24/h8-10,13-14H,4-7,11-12,15H2,1-3H3. The number of ether oxygens (including phenoxy) is 3. The molecule has 2 rings (SSSR count). The average Bonchev–Trinajstić information content (AvgIpc) is 2.68. The lowest BCUT2D eigenvalue weighted by Gasteiger charge is -2.12. The smallest absolute Gasteiger partial charge is 0.276 e. The predicted octanol–water partition coefficient (Wildman–Crippen LogP) is 4.62. The predicted molar refractivity (Wildman–Crippen MR) is 104 cm³/mol. The normalized spacial score (nSPS) is 10.5. The number of aromatic nitrogens is 2. The Balaban J connectivity index is 2.05. The Bertz CT molecular complexity index is 734. The lowest BCUT2D eigenvalue weighted by molar-refractivity contribution is 0.101. The minimum Gasteiger partial charge on any atom is -0.488 e. The summed E-state index contributed by atoms with van der Waals surface area (Å²) in [6.07, 6.45) is 4.01. The zero-order valence-electron chi connectivity index (χ0n) is 16.4. The first-order chi connectivity index (χ1) is 13.1. The number of Topliss-reactive ketones (excluding diaryl/α,β-unsaturated/α-hetero) is 1. The Morgan fingerprint density at radius 3 is 2.41 bits per heavy atom. The van der Waals surface area contributed by atoms with E-state index in [1.807, 2.05) is 0 Å². The number of benzene rings is 1. The summed E-state index contributed by atoms with van der Waals surface area (Å²) >= 11 is 0. The largest absolute Gasteiger partial charge is 0.488 e. The summed E-state index contributed by atoms with van der Waals surface area (Å²) < 4.78 is 17.3. The Kier molecular flexibility index (Phi) is 8.55. The second-order valence-electron chi connectivity index (χ2n) is 6.28. The number of hydrogen-bond acceptors (Lipinski definition) is 6. The molecule has 0 saturated heterocycles. The quantitative estimate of drug-likeness (QED) is 0.400. The Hall–Kier alpha value is -2.63. The lowest BCUT2D eigenvalue weighted by atomic mass is 10.1. The molecule has 0 radical (unpaired) electrons. The van der Waals surface area contributed by atoms with E-state index in [4.69, 9.17) is 14.2 Å².